The minimum absolute atomic E-state index is 0.152. The monoisotopic (exact) mass is 328 g/mol. The molecule has 0 aromatic heterocycles. The van der Waals surface area contributed by atoms with Crippen molar-refractivity contribution in [2.75, 3.05) is 5.32 Å². The van der Waals surface area contributed by atoms with Gasteiger partial charge in [-0.25, -0.2) is 4.39 Å². The van der Waals surface area contributed by atoms with Gasteiger partial charge in [0.05, 0.1) is 5.56 Å². The minimum atomic E-state index is -5.01. The fraction of sp³-hybridized carbons (Fsp3) is 0.0714. The zero-order chi connectivity index (χ0) is 17.0. The first-order chi connectivity index (χ1) is 10.8. The van der Waals surface area contributed by atoms with Gasteiger partial charge >= 0.3 is 6.36 Å². The number of rotatable bonds is 4. The number of alkyl halides is 3. The molecule has 1 amide bonds. The number of nitroso groups, excluding NO2 is 1. The highest BCUT2D eigenvalue weighted by atomic mass is 19.4. The van der Waals surface area contributed by atoms with Crippen molar-refractivity contribution < 1.29 is 27.1 Å². The molecule has 2 aromatic rings. The van der Waals surface area contributed by atoms with Crippen molar-refractivity contribution in [3.8, 4) is 5.75 Å². The van der Waals surface area contributed by atoms with Gasteiger partial charge in [-0.3, -0.25) is 4.79 Å². The molecule has 120 valence electrons. The Kier molecular flexibility index (Phi) is 4.58. The van der Waals surface area contributed by atoms with Crippen LogP contribution in [-0.2, 0) is 0 Å². The number of hydrogen-bond donors (Lipinski definition) is 1. The van der Waals surface area contributed by atoms with Gasteiger partial charge in [0.1, 0.15) is 17.3 Å². The molecule has 0 aliphatic carbocycles. The maximum absolute atomic E-state index is 12.8. The molecule has 0 aliphatic rings. The lowest BCUT2D eigenvalue weighted by Gasteiger charge is -2.13. The third kappa shape index (κ3) is 4.50. The predicted octanol–water partition coefficient (Wildman–Crippen LogP) is 4.37. The minimum Gasteiger partial charge on any atom is -0.405 e. The van der Waals surface area contributed by atoms with Crippen LogP contribution in [0.1, 0.15) is 10.4 Å². The molecule has 0 radical (unpaired) electrons. The summed E-state index contributed by atoms with van der Waals surface area (Å²) in [5, 5.41) is 4.82. The van der Waals surface area contributed by atoms with E-state index in [0.29, 0.717) is 0 Å². The van der Waals surface area contributed by atoms with Crippen LogP contribution in [0.4, 0.5) is 28.9 Å². The second-order valence-electron chi connectivity index (χ2n) is 4.28. The molecule has 0 heterocycles. The average molecular weight is 328 g/mol. The number of amides is 1. The number of nitrogens with zero attached hydrogens (tertiary/aromatic N) is 1. The Bertz CT molecular complexity index is 730. The van der Waals surface area contributed by atoms with Crippen LogP contribution in [0.3, 0.4) is 0 Å². The van der Waals surface area contributed by atoms with Crippen LogP contribution in [0.5, 0.6) is 5.75 Å². The Morgan fingerprint density at radius 1 is 1.09 bits per heavy atom. The molecule has 2 aromatic carbocycles. The van der Waals surface area contributed by atoms with Gasteiger partial charge in [0.2, 0.25) is 0 Å². The van der Waals surface area contributed by atoms with E-state index in [-0.39, 0.29) is 11.4 Å². The van der Waals surface area contributed by atoms with E-state index < -0.39 is 29.4 Å². The van der Waals surface area contributed by atoms with Crippen LogP contribution in [0.25, 0.3) is 0 Å². The Morgan fingerprint density at radius 3 is 2.30 bits per heavy atom. The van der Waals surface area contributed by atoms with Crippen molar-refractivity contribution in [1.29, 1.82) is 0 Å². The molecule has 23 heavy (non-hydrogen) atoms. The van der Waals surface area contributed by atoms with Gasteiger partial charge in [0, 0.05) is 5.69 Å². The number of halogens is 4. The smallest absolute Gasteiger partial charge is 0.405 e. The van der Waals surface area contributed by atoms with Gasteiger partial charge in [-0.05, 0) is 47.6 Å². The Morgan fingerprint density at radius 2 is 1.74 bits per heavy atom. The zero-order valence-corrected chi connectivity index (χ0v) is 11.2. The molecule has 0 saturated heterocycles. The molecule has 0 bridgehead atoms. The van der Waals surface area contributed by atoms with Crippen LogP contribution in [0.15, 0.2) is 47.6 Å². The number of nitrogens with one attached hydrogen (secondary N) is 1. The van der Waals surface area contributed by atoms with Gasteiger partial charge in [0.15, 0.2) is 0 Å². The fourth-order valence-electron chi connectivity index (χ4n) is 1.70. The van der Waals surface area contributed by atoms with Gasteiger partial charge in [-0.15, -0.1) is 18.1 Å². The standard InChI is InChI=1S/C14H8F4N2O3/c15-8-1-3-9(4-2-8)19-13(21)11-7-10(20-22)5-6-12(11)23-14(16,17)18/h1-7H,(H,19,21). The summed E-state index contributed by atoms with van der Waals surface area (Å²) in [6, 6.07) is 7.20. The van der Waals surface area contributed by atoms with Crippen LogP contribution in [0, 0.1) is 10.7 Å². The summed E-state index contributed by atoms with van der Waals surface area (Å²) in [4.78, 5) is 22.6. The van der Waals surface area contributed by atoms with E-state index in [9.17, 15) is 27.3 Å². The van der Waals surface area contributed by atoms with Gasteiger partial charge in [-0.1, -0.05) is 0 Å². The second kappa shape index (κ2) is 6.42. The van der Waals surface area contributed by atoms with Gasteiger partial charge in [0.25, 0.3) is 5.91 Å². The van der Waals surface area contributed by atoms with Crippen LogP contribution in [-0.4, -0.2) is 12.3 Å². The lowest BCUT2D eigenvalue weighted by Crippen LogP contribution is -2.20. The van der Waals surface area contributed by atoms with Crippen LogP contribution in [0.2, 0.25) is 0 Å². The number of carbonyl (C=O) groups excluding carboxylic acids is 1. The van der Waals surface area contributed by atoms with Gasteiger partial charge < -0.3 is 10.1 Å². The highest BCUT2D eigenvalue weighted by Crippen LogP contribution is 2.30. The Hall–Kier alpha value is -2.97. The number of carbonyl (C=O) groups is 1. The van der Waals surface area contributed by atoms with E-state index in [1.165, 1.54) is 12.1 Å². The Labute approximate surface area is 126 Å². The molecule has 0 aliphatic heterocycles. The number of hydrogen-bond acceptors (Lipinski definition) is 4. The van der Waals surface area contributed by atoms with E-state index in [4.69, 9.17) is 0 Å². The number of benzene rings is 2. The summed E-state index contributed by atoms with van der Waals surface area (Å²) in [5.41, 5.74) is -0.633. The molecular formula is C14H8F4N2O3. The van der Waals surface area contributed by atoms with Crippen molar-refractivity contribution >= 4 is 17.3 Å². The first-order valence-electron chi connectivity index (χ1n) is 6.08. The van der Waals surface area contributed by atoms with Crippen molar-refractivity contribution in [3.63, 3.8) is 0 Å². The van der Waals surface area contributed by atoms with Crippen LogP contribution >= 0.6 is 0 Å². The largest absolute Gasteiger partial charge is 0.573 e. The normalized spacial score (nSPS) is 11.0. The first kappa shape index (κ1) is 16.4. The lowest BCUT2D eigenvalue weighted by molar-refractivity contribution is -0.274. The summed E-state index contributed by atoms with van der Waals surface area (Å²) >= 11 is 0. The quantitative estimate of drug-likeness (QED) is 0.669. The fourth-order valence-corrected chi connectivity index (χ4v) is 1.70. The molecule has 0 fully saturated rings. The maximum atomic E-state index is 12.8. The van der Waals surface area contributed by atoms with Crippen molar-refractivity contribution in [2.45, 2.75) is 6.36 Å². The van der Waals surface area contributed by atoms with Gasteiger partial charge in [-0.2, -0.15) is 0 Å². The summed E-state index contributed by atoms with van der Waals surface area (Å²) < 4.78 is 53.6. The molecule has 0 saturated carbocycles. The van der Waals surface area contributed by atoms with E-state index >= 15 is 0 Å². The third-order valence-corrected chi connectivity index (χ3v) is 2.64. The van der Waals surface area contributed by atoms with E-state index in [2.05, 4.69) is 15.2 Å². The summed E-state index contributed by atoms with van der Waals surface area (Å²) in [5.74, 6) is -2.30. The van der Waals surface area contributed by atoms with E-state index in [1.54, 1.807) is 0 Å². The molecule has 0 unspecified atom stereocenters. The molecule has 2 rings (SSSR count). The molecule has 0 atom stereocenters. The average Bonchev–Trinajstić information content (AvgIpc) is 2.48. The summed E-state index contributed by atoms with van der Waals surface area (Å²) in [6.45, 7) is 0. The SMILES string of the molecule is O=Nc1ccc(OC(F)(F)F)c(C(=O)Nc2ccc(F)cc2)c1. The predicted molar refractivity (Wildman–Crippen MR) is 72.9 cm³/mol. The molecule has 5 nitrogen and oxygen atoms in total. The Balaban J connectivity index is 2.32. The third-order valence-electron chi connectivity index (χ3n) is 2.64. The molecular weight excluding hydrogens is 320 g/mol. The highest BCUT2D eigenvalue weighted by molar-refractivity contribution is 6.06. The first-order valence-corrected chi connectivity index (χ1v) is 6.08. The van der Waals surface area contributed by atoms with E-state index in [1.807, 2.05) is 0 Å². The summed E-state index contributed by atoms with van der Waals surface area (Å²) in [7, 11) is 0. The number of anilines is 1. The number of ether oxygens (including phenoxy) is 1. The zero-order valence-electron chi connectivity index (χ0n) is 11.2. The second-order valence-corrected chi connectivity index (χ2v) is 4.28. The van der Waals surface area contributed by atoms with Crippen molar-refractivity contribution in [1.82, 2.24) is 0 Å². The highest BCUT2D eigenvalue weighted by Gasteiger charge is 2.33. The van der Waals surface area contributed by atoms with Crippen LogP contribution < -0.4 is 10.1 Å². The van der Waals surface area contributed by atoms with Crippen molar-refractivity contribution in [3.05, 3.63) is 58.8 Å². The molecule has 9 heteroatoms. The molecule has 0 spiro atoms. The topological polar surface area (TPSA) is 67.8 Å². The summed E-state index contributed by atoms with van der Waals surface area (Å²) in [6.07, 6.45) is -5.01. The molecule has 1 N–H and O–H groups in total. The maximum Gasteiger partial charge on any atom is 0.573 e. The van der Waals surface area contributed by atoms with Crippen molar-refractivity contribution in [2.24, 2.45) is 5.18 Å². The lowest BCUT2D eigenvalue weighted by atomic mass is 10.1. The van der Waals surface area contributed by atoms with E-state index in [0.717, 1.165) is 30.3 Å².